The minimum absolute atomic E-state index is 0.177. The molecule has 1 heterocycles. The number of halogens is 1. The monoisotopic (exact) mass is 297 g/mol. The highest BCUT2D eigenvalue weighted by molar-refractivity contribution is 9.10. The molecule has 0 amide bonds. The Morgan fingerprint density at radius 1 is 1.35 bits per heavy atom. The van der Waals surface area contributed by atoms with E-state index < -0.39 is 0 Å². The normalized spacial score (nSPS) is 14.6. The largest absolute Gasteiger partial charge is 0.493 e. The first-order chi connectivity index (χ1) is 7.96. The second kappa shape index (κ2) is 4.99. The highest BCUT2D eigenvalue weighted by atomic mass is 79.9. The van der Waals surface area contributed by atoms with Crippen LogP contribution < -0.4 is 10.1 Å². The van der Waals surface area contributed by atoms with Gasteiger partial charge in [0.05, 0.1) is 6.61 Å². The van der Waals surface area contributed by atoms with Crippen LogP contribution in [0.1, 0.15) is 31.9 Å². The lowest BCUT2D eigenvalue weighted by atomic mass is 10.0. The summed E-state index contributed by atoms with van der Waals surface area (Å²) in [6, 6.07) is 4.34. The topological polar surface area (TPSA) is 21.3 Å². The Bertz CT molecular complexity index is 409. The first kappa shape index (κ1) is 12.9. The minimum atomic E-state index is 0.177. The Balaban J connectivity index is 2.06. The van der Waals surface area contributed by atoms with Crippen LogP contribution in [-0.4, -0.2) is 18.7 Å². The van der Waals surface area contributed by atoms with Gasteiger partial charge in [0, 0.05) is 16.4 Å². The molecular weight excluding hydrogens is 278 g/mol. The zero-order chi connectivity index (χ0) is 12.5. The van der Waals surface area contributed by atoms with E-state index in [4.69, 9.17) is 4.74 Å². The minimum Gasteiger partial charge on any atom is -0.493 e. The summed E-state index contributed by atoms with van der Waals surface area (Å²) in [6.45, 7) is 8.37. The maximum absolute atomic E-state index is 5.72. The zero-order valence-electron chi connectivity index (χ0n) is 10.8. The molecule has 0 bridgehead atoms. The number of nitrogens with one attached hydrogen (secondary N) is 1. The summed E-state index contributed by atoms with van der Waals surface area (Å²) in [7, 11) is 0. The number of fused-ring (bicyclic) bond motifs is 1. The van der Waals surface area contributed by atoms with Crippen LogP contribution in [0.5, 0.6) is 5.75 Å². The molecule has 1 aliphatic heterocycles. The molecule has 17 heavy (non-hydrogen) atoms. The molecule has 1 N–H and O–H groups in total. The van der Waals surface area contributed by atoms with Gasteiger partial charge in [-0.05, 0) is 57.0 Å². The van der Waals surface area contributed by atoms with Crippen molar-refractivity contribution in [1.82, 2.24) is 5.32 Å². The lowest BCUT2D eigenvalue weighted by molar-refractivity contribution is 0.352. The highest BCUT2D eigenvalue weighted by Gasteiger charge is 2.17. The molecule has 0 aliphatic carbocycles. The number of rotatable bonds is 3. The van der Waals surface area contributed by atoms with E-state index in [9.17, 15) is 0 Å². The Morgan fingerprint density at radius 3 is 2.82 bits per heavy atom. The fourth-order valence-corrected chi connectivity index (χ4v) is 2.66. The second-order valence-corrected chi connectivity index (χ2v) is 6.49. The van der Waals surface area contributed by atoms with Crippen LogP contribution in [0.25, 0.3) is 0 Å². The SMILES string of the molecule is CC(C)(C)NCCc1cc(Br)cc2c1OCC2. The van der Waals surface area contributed by atoms with Gasteiger partial charge in [-0.25, -0.2) is 0 Å². The molecule has 1 aliphatic rings. The lowest BCUT2D eigenvalue weighted by Crippen LogP contribution is -2.37. The molecule has 1 aromatic rings. The molecule has 2 nitrogen and oxygen atoms in total. The summed E-state index contributed by atoms with van der Waals surface area (Å²) < 4.78 is 6.88. The van der Waals surface area contributed by atoms with E-state index in [1.54, 1.807) is 0 Å². The van der Waals surface area contributed by atoms with Crippen molar-refractivity contribution in [3.63, 3.8) is 0 Å². The fourth-order valence-electron chi connectivity index (χ4n) is 2.10. The van der Waals surface area contributed by atoms with Gasteiger partial charge < -0.3 is 10.1 Å². The third kappa shape index (κ3) is 3.46. The van der Waals surface area contributed by atoms with E-state index >= 15 is 0 Å². The molecule has 0 fully saturated rings. The van der Waals surface area contributed by atoms with Gasteiger partial charge in [0.25, 0.3) is 0 Å². The van der Waals surface area contributed by atoms with Gasteiger partial charge in [-0.1, -0.05) is 15.9 Å². The van der Waals surface area contributed by atoms with Crippen LogP contribution in [-0.2, 0) is 12.8 Å². The van der Waals surface area contributed by atoms with E-state index in [1.807, 2.05) is 0 Å². The molecule has 0 unspecified atom stereocenters. The highest BCUT2D eigenvalue weighted by Crippen LogP contribution is 2.33. The van der Waals surface area contributed by atoms with Crippen LogP contribution >= 0.6 is 15.9 Å². The van der Waals surface area contributed by atoms with E-state index in [-0.39, 0.29) is 5.54 Å². The van der Waals surface area contributed by atoms with Gasteiger partial charge in [-0.2, -0.15) is 0 Å². The van der Waals surface area contributed by atoms with E-state index in [2.05, 4.69) is 54.2 Å². The summed E-state index contributed by atoms with van der Waals surface area (Å²) in [5, 5.41) is 3.51. The van der Waals surface area contributed by atoms with Crippen molar-refractivity contribution in [2.24, 2.45) is 0 Å². The van der Waals surface area contributed by atoms with Gasteiger partial charge in [-0.3, -0.25) is 0 Å². The third-order valence-electron chi connectivity index (χ3n) is 2.88. The average Bonchev–Trinajstić information content (AvgIpc) is 2.63. The standard InChI is InChI=1S/C14H20BrNO/c1-14(2,3)16-6-4-10-8-12(15)9-11-5-7-17-13(10)11/h8-9,16H,4-7H2,1-3H3. The van der Waals surface area contributed by atoms with Gasteiger partial charge in [0.1, 0.15) is 5.75 Å². The van der Waals surface area contributed by atoms with Crippen molar-refractivity contribution in [2.75, 3.05) is 13.2 Å². The first-order valence-corrected chi connectivity index (χ1v) is 6.94. The van der Waals surface area contributed by atoms with Crippen molar-refractivity contribution in [2.45, 2.75) is 39.2 Å². The summed E-state index contributed by atoms with van der Waals surface area (Å²) in [5.74, 6) is 1.11. The molecular formula is C14H20BrNO. The Morgan fingerprint density at radius 2 is 2.12 bits per heavy atom. The van der Waals surface area contributed by atoms with Gasteiger partial charge in [-0.15, -0.1) is 0 Å². The Labute approximate surface area is 112 Å². The molecule has 1 aromatic carbocycles. The van der Waals surface area contributed by atoms with Crippen LogP contribution in [0.4, 0.5) is 0 Å². The smallest absolute Gasteiger partial charge is 0.125 e. The van der Waals surface area contributed by atoms with Crippen molar-refractivity contribution in [1.29, 1.82) is 0 Å². The number of ether oxygens (including phenoxy) is 1. The Hall–Kier alpha value is -0.540. The van der Waals surface area contributed by atoms with Crippen molar-refractivity contribution in [3.05, 3.63) is 27.7 Å². The summed E-state index contributed by atoms with van der Waals surface area (Å²) in [4.78, 5) is 0. The molecule has 0 saturated heterocycles. The van der Waals surface area contributed by atoms with Gasteiger partial charge in [0.2, 0.25) is 0 Å². The maximum atomic E-state index is 5.72. The van der Waals surface area contributed by atoms with Gasteiger partial charge >= 0.3 is 0 Å². The summed E-state index contributed by atoms with van der Waals surface area (Å²) in [5.41, 5.74) is 2.82. The van der Waals surface area contributed by atoms with Crippen molar-refractivity contribution in [3.8, 4) is 5.75 Å². The van der Waals surface area contributed by atoms with Crippen LogP contribution in [0.2, 0.25) is 0 Å². The first-order valence-electron chi connectivity index (χ1n) is 6.15. The quantitative estimate of drug-likeness (QED) is 0.924. The molecule has 0 saturated carbocycles. The van der Waals surface area contributed by atoms with E-state index in [0.717, 1.165) is 36.2 Å². The number of hydrogen-bond acceptors (Lipinski definition) is 2. The third-order valence-corrected chi connectivity index (χ3v) is 3.33. The van der Waals surface area contributed by atoms with Crippen LogP contribution in [0.15, 0.2) is 16.6 Å². The predicted octanol–water partition coefficient (Wildman–Crippen LogP) is 3.31. The summed E-state index contributed by atoms with van der Waals surface area (Å²) in [6.07, 6.45) is 2.05. The Kier molecular flexibility index (Phi) is 3.79. The van der Waals surface area contributed by atoms with Crippen LogP contribution in [0, 0.1) is 0 Å². The maximum Gasteiger partial charge on any atom is 0.125 e. The van der Waals surface area contributed by atoms with Crippen molar-refractivity contribution < 1.29 is 4.74 Å². The molecule has 94 valence electrons. The zero-order valence-corrected chi connectivity index (χ0v) is 12.4. The van der Waals surface area contributed by atoms with Crippen LogP contribution in [0.3, 0.4) is 0 Å². The molecule has 0 spiro atoms. The fraction of sp³-hybridized carbons (Fsp3) is 0.571. The second-order valence-electron chi connectivity index (χ2n) is 5.58. The lowest BCUT2D eigenvalue weighted by Gasteiger charge is -2.20. The number of benzene rings is 1. The summed E-state index contributed by atoms with van der Waals surface area (Å²) >= 11 is 3.57. The van der Waals surface area contributed by atoms with E-state index in [1.165, 1.54) is 11.1 Å². The molecule has 2 rings (SSSR count). The molecule has 3 heteroatoms. The van der Waals surface area contributed by atoms with Gasteiger partial charge in [0.15, 0.2) is 0 Å². The van der Waals surface area contributed by atoms with E-state index in [0.29, 0.717) is 0 Å². The van der Waals surface area contributed by atoms with Crippen molar-refractivity contribution >= 4 is 15.9 Å². The number of hydrogen-bond donors (Lipinski definition) is 1. The predicted molar refractivity (Wildman–Crippen MR) is 74.8 cm³/mol. The average molecular weight is 298 g/mol. The molecule has 0 radical (unpaired) electrons. The molecule has 0 atom stereocenters. The molecule has 0 aromatic heterocycles.